The minimum atomic E-state index is -0.128. The Labute approximate surface area is 124 Å². The number of carbonyl (C=O) groups is 1. The number of aryl methyl sites for hydroxylation is 1. The van der Waals surface area contributed by atoms with E-state index in [-0.39, 0.29) is 18.2 Å². The summed E-state index contributed by atoms with van der Waals surface area (Å²) in [4.78, 5) is 13.2. The predicted molar refractivity (Wildman–Crippen MR) is 83.6 cm³/mol. The van der Waals surface area contributed by atoms with Crippen molar-refractivity contribution in [2.45, 2.75) is 43.2 Å². The molecule has 0 spiro atoms. The lowest BCUT2D eigenvalue weighted by atomic mass is 10.2. The van der Waals surface area contributed by atoms with Crippen LogP contribution in [-0.2, 0) is 4.74 Å². The molecule has 1 aliphatic carbocycles. The molecule has 20 heavy (non-hydrogen) atoms. The molecular formula is C15H22N2O2S. The van der Waals surface area contributed by atoms with Gasteiger partial charge in [0.25, 0.3) is 0 Å². The van der Waals surface area contributed by atoms with Crippen molar-refractivity contribution in [2.24, 2.45) is 0 Å². The van der Waals surface area contributed by atoms with E-state index in [2.05, 4.69) is 10.6 Å². The van der Waals surface area contributed by atoms with Crippen LogP contribution in [0.2, 0.25) is 0 Å². The fraction of sp³-hybridized carbons (Fsp3) is 0.533. The molecule has 1 fully saturated rings. The van der Waals surface area contributed by atoms with Crippen molar-refractivity contribution in [2.75, 3.05) is 18.7 Å². The van der Waals surface area contributed by atoms with E-state index >= 15 is 0 Å². The standard InChI is InChI=1S/C15H22N2O2S/c1-10-5-4-6-13(20-3)14(10)17-15(18)16-11-7-8-12(9-11)19-2/h4-6,11-12H,7-9H2,1-3H3,(H2,16,17,18). The van der Waals surface area contributed by atoms with E-state index in [1.807, 2.05) is 31.4 Å². The summed E-state index contributed by atoms with van der Waals surface area (Å²) in [5, 5.41) is 6.01. The lowest BCUT2D eigenvalue weighted by molar-refractivity contribution is 0.107. The maximum atomic E-state index is 12.1. The average Bonchev–Trinajstić information content (AvgIpc) is 2.88. The molecule has 0 aliphatic heterocycles. The van der Waals surface area contributed by atoms with E-state index in [1.54, 1.807) is 18.9 Å². The van der Waals surface area contributed by atoms with Crippen LogP contribution in [0.25, 0.3) is 0 Å². The van der Waals surface area contributed by atoms with E-state index in [0.29, 0.717) is 0 Å². The van der Waals surface area contributed by atoms with E-state index in [0.717, 1.165) is 35.4 Å². The van der Waals surface area contributed by atoms with Crippen molar-refractivity contribution in [1.82, 2.24) is 5.32 Å². The Balaban J connectivity index is 1.95. The summed E-state index contributed by atoms with van der Waals surface area (Å²) in [6.07, 6.45) is 5.18. The molecule has 110 valence electrons. The van der Waals surface area contributed by atoms with Gasteiger partial charge in [0.1, 0.15) is 0 Å². The highest BCUT2D eigenvalue weighted by Gasteiger charge is 2.25. The van der Waals surface area contributed by atoms with Gasteiger partial charge in [-0.15, -0.1) is 11.8 Å². The zero-order valence-corrected chi connectivity index (χ0v) is 13.0. The number of benzene rings is 1. The fourth-order valence-electron chi connectivity index (χ4n) is 2.59. The first kappa shape index (κ1) is 15.2. The van der Waals surface area contributed by atoms with Gasteiger partial charge in [-0.1, -0.05) is 12.1 Å². The average molecular weight is 294 g/mol. The Morgan fingerprint density at radius 2 is 2.20 bits per heavy atom. The first-order valence-electron chi connectivity index (χ1n) is 6.88. The lowest BCUT2D eigenvalue weighted by Crippen LogP contribution is -2.37. The van der Waals surface area contributed by atoms with Gasteiger partial charge in [0, 0.05) is 18.0 Å². The van der Waals surface area contributed by atoms with Gasteiger partial charge >= 0.3 is 6.03 Å². The van der Waals surface area contributed by atoms with Gasteiger partial charge in [-0.2, -0.15) is 0 Å². The summed E-state index contributed by atoms with van der Waals surface area (Å²) in [5.41, 5.74) is 1.98. The molecule has 0 saturated heterocycles. The largest absolute Gasteiger partial charge is 0.381 e. The van der Waals surface area contributed by atoms with E-state index < -0.39 is 0 Å². The normalized spacial score (nSPS) is 21.8. The van der Waals surface area contributed by atoms with Gasteiger partial charge in [0.05, 0.1) is 11.8 Å². The van der Waals surface area contributed by atoms with Crippen molar-refractivity contribution in [3.8, 4) is 0 Å². The van der Waals surface area contributed by atoms with Gasteiger partial charge < -0.3 is 15.4 Å². The number of rotatable bonds is 4. The van der Waals surface area contributed by atoms with Crippen molar-refractivity contribution >= 4 is 23.5 Å². The van der Waals surface area contributed by atoms with Gasteiger partial charge in [0.15, 0.2) is 0 Å². The number of carbonyl (C=O) groups excluding carboxylic acids is 1. The number of thioether (sulfide) groups is 1. The summed E-state index contributed by atoms with van der Waals surface area (Å²) >= 11 is 1.64. The second kappa shape index (κ2) is 6.99. The van der Waals surface area contributed by atoms with Crippen LogP contribution in [0.1, 0.15) is 24.8 Å². The first-order chi connectivity index (χ1) is 9.63. The number of urea groups is 1. The molecule has 1 saturated carbocycles. The Hall–Kier alpha value is -1.20. The van der Waals surface area contributed by atoms with Crippen LogP contribution < -0.4 is 10.6 Å². The summed E-state index contributed by atoms with van der Waals surface area (Å²) in [6.45, 7) is 2.01. The molecule has 2 N–H and O–H groups in total. The Kier molecular flexibility index (Phi) is 5.31. The van der Waals surface area contributed by atoms with Gasteiger partial charge in [-0.3, -0.25) is 0 Å². The van der Waals surface area contributed by atoms with Crippen LogP contribution in [0.3, 0.4) is 0 Å². The Morgan fingerprint density at radius 1 is 1.40 bits per heavy atom. The maximum Gasteiger partial charge on any atom is 0.319 e. The van der Waals surface area contributed by atoms with Crippen molar-refractivity contribution in [1.29, 1.82) is 0 Å². The number of hydrogen-bond donors (Lipinski definition) is 2. The van der Waals surface area contributed by atoms with Crippen LogP contribution >= 0.6 is 11.8 Å². The molecule has 0 bridgehead atoms. The number of nitrogens with one attached hydrogen (secondary N) is 2. The van der Waals surface area contributed by atoms with Gasteiger partial charge in [-0.25, -0.2) is 4.79 Å². The molecule has 2 rings (SSSR count). The smallest absolute Gasteiger partial charge is 0.319 e. The van der Waals surface area contributed by atoms with Crippen molar-refractivity contribution < 1.29 is 9.53 Å². The molecule has 2 unspecified atom stereocenters. The highest BCUT2D eigenvalue weighted by molar-refractivity contribution is 7.98. The molecule has 0 aromatic heterocycles. The highest BCUT2D eigenvalue weighted by atomic mass is 32.2. The minimum absolute atomic E-state index is 0.128. The maximum absolute atomic E-state index is 12.1. The molecule has 4 nitrogen and oxygen atoms in total. The van der Waals surface area contributed by atoms with E-state index in [9.17, 15) is 4.79 Å². The van der Waals surface area contributed by atoms with Crippen LogP contribution in [0.15, 0.2) is 23.1 Å². The molecular weight excluding hydrogens is 272 g/mol. The molecule has 5 heteroatoms. The second-order valence-electron chi connectivity index (χ2n) is 5.12. The van der Waals surface area contributed by atoms with Crippen molar-refractivity contribution in [3.63, 3.8) is 0 Å². The molecule has 0 radical (unpaired) electrons. The Bertz CT molecular complexity index is 479. The fourth-order valence-corrected chi connectivity index (χ4v) is 3.22. The molecule has 2 amide bonds. The second-order valence-corrected chi connectivity index (χ2v) is 5.97. The summed E-state index contributed by atoms with van der Waals surface area (Å²) < 4.78 is 5.32. The third-order valence-corrected chi connectivity index (χ3v) is 4.53. The number of hydrogen-bond acceptors (Lipinski definition) is 3. The molecule has 0 heterocycles. The number of para-hydroxylation sites is 1. The van der Waals surface area contributed by atoms with E-state index in [4.69, 9.17) is 4.74 Å². The molecule has 2 atom stereocenters. The third kappa shape index (κ3) is 3.67. The summed E-state index contributed by atoms with van der Waals surface area (Å²) in [7, 11) is 1.73. The Morgan fingerprint density at radius 3 is 2.85 bits per heavy atom. The SMILES string of the molecule is COC1CCC(NC(=O)Nc2c(C)cccc2SC)C1. The number of ether oxygens (including phenoxy) is 1. The molecule has 1 aliphatic rings. The molecule has 1 aromatic carbocycles. The topological polar surface area (TPSA) is 50.4 Å². The van der Waals surface area contributed by atoms with Crippen LogP contribution in [-0.4, -0.2) is 31.5 Å². The van der Waals surface area contributed by atoms with Gasteiger partial charge in [-0.05, 0) is 44.1 Å². The van der Waals surface area contributed by atoms with Crippen LogP contribution in [0.5, 0.6) is 0 Å². The number of anilines is 1. The van der Waals surface area contributed by atoms with Crippen LogP contribution in [0.4, 0.5) is 10.5 Å². The lowest BCUT2D eigenvalue weighted by Gasteiger charge is -2.16. The quantitative estimate of drug-likeness (QED) is 0.837. The first-order valence-corrected chi connectivity index (χ1v) is 8.10. The predicted octanol–water partition coefficient (Wildman–Crippen LogP) is 3.41. The third-order valence-electron chi connectivity index (χ3n) is 3.75. The highest BCUT2D eigenvalue weighted by Crippen LogP contribution is 2.28. The number of amides is 2. The van der Waals surface area contributed by atoms with Crippen LogP contribution in [0, 0.1) is 6.92 Å². The number of methoxy groups -OCH3 is 1. The summed E-state index contributed by atoms with van der Waals surface area (Å²) in [5.74, 6) is 0. The summed E-state index contributed by atoms with van der Waals surface area (Å²) in [6, 6.07) is 6.11. The molecule has 1 aromatic rings. The monoisotopic (exact) mass is 294 g/mol. The minimum Gasteiger partial charge on any atom is -0.381 e. The zero-order valence-electron chi connectivity index (χ0n) is 12.2. The van der Waals surface area contributed by atoms with E-state index in [1.165, 1.54) is 0 Å². The van der Waals surface area contributed by atoms with Crippen molar-refractivity contribution in [3.05, 3.63) is 23.8 Å². The van der Waals surface area contributed by atoms with Gasteiger partial charge in [0.2, 0.25) is 0 Å². The zero-order chi connectivity index (χ0) is 14.5.